The monoisotopic (exact) mass is 313 g/mol. The number of hydrogen-bond acceptors (Lipinski definition) is 5. The van der Waals surface area contributed by atoms with Crippen molar-refractivity contribution in [1.29, 1.82) is 0 Å². The van der Waals surface area contributed by atoms with E-state index in [0.717, 1.165) is 0 Å². The molecule has 0 radical (unpaired) electrons. The maximum atomic E-state index is 11.1. The molecule has 104 valence electrons. The first kappa shape index (κ1) is 14.5. The van der Waals surface area contributed by atoms with E-state index in [1.54, 1.807) is 18.2 Å². The molecule has 0 aliphatic heterocycles. The van der Waals surface area contributed by atoms with Crippen LogP contribution in [-0.2, 0) is 6.54 Å². The summed E-state index contributed by atoms with van der Waals surface area (Å²) in [5, 5.41) is 15.5. The van der Waals surface area contributed by atoms with E-state index in [-0.39, 0.29) is 18.1 Å². The lowest BCUT2D eigenvalue weighted by Gasteiger charge is -1.99. The minimum Gasteiger partial charge on any atom is -0.862 e. The summed E-state index contributed by atoms with van der Waals surface area (Å²) in [6.07, 6.45) is 0.516. The third-order valence-electron chi connectivity index (χ3n) is 2.43. The Labute approximate surface area is 124 Å². The minimum absolute atomic E-state index is 0.0613. The number of halogens is 2. The van der Waals surface area contributed by atoms with Gasteiger partial charge in [0.1, 0.15) is 0 Å². The molecule has 1 heterocycles. The van der Waals surface area contributed by atoms with Crippen LogP contribution in [0.15, 0.2) is 27.7 Å². The summed E-state index contributed by atoms with van der Waals surface area (Å²) >= 11 is 11.8. The molecule has 6 nitrogen and oxygen atoms in total. The molecule has 0 aliphatic carbocycles. The summed E-state index contributed by atoms with van der Waals surface area (Å²) < 4.78 is 6.13. The van der Waals surface area contributed by atoms with Gasteiger partial charge in [0.25, 0.3) is 0 Å². The molecule has 20 heavy (non-hydrogen) atoms. The average Bonchev–Trinajstić information content (AvgIpc) is 2.74. The van der Waals surface area contributed by atoms with Crippen molar-refractivity contribution in [2.45, 2.75) is 13.5 Å². The molecule has 0 fully saturated rings. The molecule has 0 amide bonds. The number of nitrogens with zero attached hydrogens (tertiary/aromatic N) is 3. The first-order valence-corrected chi connectivity index (χ1v) is 6.28. The van der Waals surface area contributed by atoms with Gasteiger partial charge in [0, 0.05) is 10.6 Å². The molecule has 0 spiro atoms. The molecule has 0 saturated heterocycles. The summed E-state index contributed by atoms with van der Waals surface area (Å²) in [5.41, 5.74) is 0.762. The number of hydrogen-bond donors (Lipinski definition) is 0. The lowest BCUT2D eigenvalue weighted by molar-refractivity contribution is -0.755. The van der Waals surface area contributed by atoms with Gasteiger partial charge in [-0.1, -0.05) is 23.2 Å². The molecule has 0 bridgehead atoms. The van der Waals surface area contributed by atoms with E-state index in [1.165, 1.54) is 11.6 Å². The van der Waals surface area contributed by atoms with E-state index >= 15 is 0 Å². The van der Waals surface area contributed by atoms with Crippen LogP contribution < -0.4 is 9.79 Å². The van der Waals surface area contributed by atoms with Crippen LogP contribution in [0.3, 0.4) is 0 Å². The van der Waals surface area contributed by atoms with Gasteiger partial charge in [-0.15, -0.1) is 0 Å². The van der Waals surface area contributed by atoms with Crippen LogP contribution in [0.5, 0.6) is 0 Å². The molecule has 8 heteroatoms. The quantitative estimate of drug-likeness (QED) is 0.371. The smallest absolute Gasteiger partial charge is 0.339 e. The van der Waals surface area contributed by atoms with E-state index in [9.17, 15) is 9.90 Å². The van der Waals surface area contributed by atoms with Crippen LogP contribution in [0.1, 0.15) is 23.0 Å². The fourth-order valence-electron chi connectivity index (χ4n) is 1.55. The molecule has 0 aliphatic rings. The first-order valence-electron chi connectivity index (χ1n) is 5.52. The van der Waals surface area contributed by atoms with Crippen molar-refractivity contribution in [3.63, 3.8) is 0 Å². The van der Waals surface area contributed by atoms with Crippen molar-refractivity contribution in [2.75, 3.05) is 0 Å². The van der Waals surface area contributed by atoms with Crippen LogP contribution in [-0.4, -0.2) is 17.5 Å². The van der Waals surface area contributed by atoms with Crippen molar-refractivity contribution >= 4 is 41.3 Å². The maximum absolute atomic E-state index is 11.1. The molecule has 2 rings (SSSR count). The van der Waals surface area contributed by atoms with Crippen molar-refractivity contribution in [3.05, 3.63) is 39.5 Å². The predicted octanol–water partition coefficient (Wildman–Crippen LogP) is 1.54. The predicted molar refractivity (Wildman–Crippen MR) is 70.4 cm³/mol. The highest BCUT2D eigenvalue weighted by molar-refractivity contribution is 6.35. The first-order chi connectivity index (χ1) is 9.51. The fraction of sp³-hybridized carbons (Fsp3) is 0.167. The topological polar surface area (TPSA) is 82.4 Å². The van der Waals surface area contributed by atoms with Gasteiger partial charge in [-0.25, -0.2) is 4.99 Å². The highest BCUT2D eigenvalue weighted by Gasteiger charge is 2.24. The number of aromatic nitrogens is 2. The molecule has 2 aromatic rings. The number of carbonyl (C=O) groups excluding carboxylic acids is 1. The van der Waals surface area contributed by atoms with E-state index in [1.807, 2.05) is 0 Å². The van der Waals surface area contributed by atoms with Gasteiger partial charge in [-0.2, -0.15) is 0 Å². The summed E-state index contributed by atoms with van der Waals surface area (Å²) in [6, 6.07) is 4.97. The summed E-state index contributed by atoms with van der Waals surface area (Å²) in [4.78, 5) is 14.6. The molecular weight excluding hydrogens is 305 g/mol. The minimum atomic E-state index is -0.485. The van der Waals surface area contributed by atoms with Gasteiger partial charge in [0.05, 0.1) is 5.02 Å². The molecule has 0 unspecified atom stereocenters. The molecule has 0 saturated carbocycles. The zero-order valence-corrected chi connectivity index (χ0v) is 11.9. The van der Waals surface area contributed by atoms with Gasteiger partial charge in [0.2, 0.25) is 18.1 Å². The largest absolute Gasteiger partial charge is 0.862 e. The molecule has 0 N–H and O–H groups in total. The number of benzene rings is 1. The second kappa shape index (κ2) is 6.02. The Kier molecular flexibility index (Phi) is 4.36. The SMILES string of the molecule is C/C([O-])=N\c1on[n+](Cc2ccc(Cl)cc2Cl)c1C=O. The highest BCUT2D eigenvalue weighted by atomic mass is 35.5. The normalized spacial score (nSPS) is 11.7. The average molecular weight is 314 g/mol. The Balaban J connectivity index is 2.36. The van der Waals surface area contributed by atoms with Crippen LogP contribution in [0.2, 0.25) is 10.0 Å². The lowest BCUT2D eigenvalue weighted by Crippen LogP contribution is -2.39. The zero-order chi connectivity index (χ0) is 14.7. The van der Waals surface area contributed by atoms with E-state index in [0.29, 0.717) is 21.9 Å². The second-order valence-electron chi connectivity index (χ2n) is 3.91. The van der Waals surface area contributed by atoms with Gasteiger partial charge in [-0.3, -0.25) is 9.32 Å². The Hall–Kier alpha value is -1.92. The molecule has 1 aromatic heterocycles. The number of carbonyl (C=O) groups is 1. The highest BCUT2D eigenvalue weighted by Crippen LogP contribution is 2.21. The van der Waals surface area contributed by atoms with Crippen LogP contribution in [0.25, 0.3) is 0 Å². The van der Waals surface area contributed by atoms with Gasteiger partial charge >= 0.3 is 11.6 Å². The zero-order valence-electron chi connectivity index (χ0n) is 10.3. The van der Waals surface area contributed by atoms with Crippen LogP contribution in [0.4, 0.5) is 5.88 Å². The number of aliphatic imine (C=N–C) groups is 1. The maximum Gasteiger partial charge on any atom is 0.339 e. The third kappa shape index (κ3) is 3.15. The fourth-order valence-corrected chi connectivity index (χ4v) is 2.01. The third-order valence-corrected chi connectivity index (χ3v) is 3.02. The second-order valence-corrected chi connectivity index (χ2v) is 4.75. The van der Waals surface area contributed by atoms with Crippen LogP contribution >= 0.6 is 23.2 Å². The summed E-state index contributed by atoms with van der Waals surface area (Å²) in [5.74, 6) is -0.612. The summed E-state index contributed by atoms with van der Waals surface area (Å²) in [7, 11) is 0. The molecule has 0 atom stereocenters. The summed E-state index contributed by atoms with van der Waals surface area (Å²) in [6.45, 7) is 1.44. The van der Waals surface area contributed by atoms with Gasteiger partial charge < -0.3 is 5.11 Å². The number of rotatable bonds is 4. The van der Waals surface area contributed by atoms with Crippen molar-refractivity contribution < 1.29 is 19.1 Å². The Morgan fingerprint density at radius 1 is 1.55 bits per heavy atom. The van der Waals surface area contributed by atoms with Crippen LogP contribution in [0, 0.1) is 0 Å². The van der Waals surface area contributed by atoms with Crippen molar-refractivity contribution in [2.24, 2.45) is 4.99 Å². The van der Waals surface area contributed by atoms with Gasteiger partial charge in [-0.05, 0) is 35.7 Å². The lowest BCUT2D eigenvalue weighted by atomic mass is 10.2. The standard InChI is InChI=1S/C12H9Cl2N3O3/c1-7(19)15-12-11(6-18)17(16-20-12)5-8-2-3-9(13)4-10(8)14/h2-4,6H,5H2,1H3. The van der Waals surface area contributed by atoms with E-state index in [4.69, 9.17) is 27.7 Å². The van der Waals surface area contributed by atoms with E-state index in [2.05, 4.69) is 10.3 Å². The number of aldehydes is 1. The molecular formula is C12H9Cl2N3O3. The van der Waals surface area contributed by atoms with Crippen molar-refractivity contribution in [1.82, 2.24) is 5.27 Å². The Bertz CT molecular complexity index is 679. The molecule has 1 aromatic carbocycles. The van der Waals surface area contributed by atoms with E-state index < -0.39 is 5.90 Å². The van der Waals surface area contributed by atoms with Gasteiger partial charge in [0.15, 0.2) is 0 Å². The Morgan fingerprint density at radius 3 is 2.90 bits per heavy atom. The Morgan fingerprint density at radius 2 is 2.30 bits per heavy atom. The van der Waals surface area contributed by atoms with Crippen molar-refractivity contribution in [3.8, 4) is 0 Å².